The predicted molar refractivity (Wildman–Crippen MR) is 126 cm³/mol. The Kier molecular flexibility index (Phi) is 6.87. The smallest absolute Gasteiger partial charge is 0.240 e. The minimum atomic E-state index is -3.55. The average molecular weight is 454 g/mol. The van der Waals surface area contributed by atoms with E-state index in [1.807, 2.05) is 24.3 Å². The Morgan fingerprint density at radius 1 is 1.06 bits per heavy atom. The number of nitrogens with one attached hydrogen (secondary N) is 3. The van der Waals surface area contributed by atoms with Crippen LogP contribution in [0, 0.1) is 0 Å². The van der Waals surface area contributed by atoms with Crippen molar-refractivity contribution in [3.8, 4) is 16.9 Å². The molecule has 3 aromatic rings. The van der Waals surface area contributed by atoms with Crippen LogP contribution in [0.1, 0.15) is 26.2 Å². The van der Waals surface area contributed by atoms with E-state index in [9.17, 15) is 8.42 Å². The summed E-state index contributed by atoms with van der Waals surface area (Å²) in [5.41, 5.74) is 2.47. The van der Waals surface area contributed by atoms with Crippen molar-refractivity contribution in [3.63, 3.8) is 0 Å². The highest BCUT2D eigenvalue weighted by molar-refractivity contribution is 7.89. The lowest BCUT2D eigenvalue weighted by molar-refractivity contribution is 0.317. The van der Waals surface area contributed by atoms with Gasteiger partial charge in [-0.05, 0) is 55.2 Å². The molecule has 0 unspecified atom stereocenters. The Morgan fingerprint density at radius 2 is 1.88 bits per heavy atom. The normalized spacial score (nSPS) is 15.7. The average Bonchev–Trinajstić information content (AvgIpc) is 2.80. The zero-order chi connectivity index (χ0) is 22.4. The second kappa shape index (κ2) is 9.97. The van der Waals surface area contributed by atoms with Gasteiger partial charge in [0, 0.05) is 30.5 Å². The maximum absolute atomic E-state index is 12.5. The third-order valence-corrected chi connectivity index (χ3v) is 6.47. The fourth-order valence-corrected chi connectivity index (χ4v) is 4.48. The predicted octanol–water partition coefficient (Wildman–Crippen LogP) is 4.16. The van der Waals surface area contributed by atoms with Gasteiger partial charge in [-0.1, -0.05) is 25.1 Å². The van der Waals surface area contributed by atoms with E-state index in [-0.39, 0.29) is 4.90 Å². The molecule has 1 aliphatic heterocycles. The highest BCUT2D eigenvalue weighted by Gasteiger charge is 2.15. The van der Waals surface area contributed by atoms with Gasteiger partial charge in [-0.15, -0.1) is 0 Å². The SMILES string of the molecule is CCCOc1ccc(-c2cnc3nc2NCCCCNS(=O)(=O)c2cccc(c2)N3)cc1. The summed E-state index contributed by atoms with van der Waals surface area (Å²) in [6, 6.07) is 14.5. The van der Waals surface area contributed by atoms with Crippen LogP contribution in [0.2, 0.25) is 0 Å². The van der Waals surface area contributed by atoms with Crippen molar-refractivity contribution >= 4 is 27.5 Å². The van der Waals surface area contributed by atoms with Gasteiger partial charge in [-0.2, -0.15) is 4.98 Å². The standard InChI is InChI=1S/C23H27N5O3S/c1-2-14-31-19-10-8-17(9-11-19)21-16-25-23-27-18-6-5-7-20(15-18)32(29,30)26-13-4-3-12-24-22(21)28-23/h5-11,15-16,26H,2-4,12-14H2,1H3,(H2,24,25,27,28). The van der Waals surface area contributed by atoms with Crippen LogP contribution >= 0.6 is 0 Å². The molecule has 1 aliphatic rings. The van der Waals surface area contributed by atoms with Crippen LogP contribution in [0.15, 0.2) is 59.6 Å². The lowest BCUT2D eigenvalue weighted by Crippen LogP contribution is -2.25. The first-order valence-electron chi connectivity index (χ1n) is 10.8. The molecule has 168 valence electrons. The van der Waals surface area contributed by atoms with Gasteiger partial charge in [-0.3, -0.25) is 0 Å². The van der Waals surface area contributed by atoms with Gasteiger partial charge in [0.05, 0.1) is 11.5 Å². The first-order chi connectivity index (χ1) is 15.5. The first kappa shape index (κ1) is 22.0. The van der Waals surface area contributed by atoms with E-state index in [4.69, 9.17) is 4.74 Å². The zero-order valence-corrected chi connectivity index (χ0v) is 18.8. The highest BCUT2D eigenvalue weighted by atomic mass is 32.2. The Hall–Kier alpha value is -3.17. The summed E-state index contributed by atoms with van der Waals surface area (Å²) in [6.45, 7) is 3.80. The number of anilines is 3. The molecule has 32 heavy (non-hydrogen) atoms. The Morgan fingerprint density at radius 3 is 2.69 bits per heavy atom. The van der Waals surface area contributed by atoms with Crippen molar-refractivity contribution in [3.05, 3.63) is 54.7 Å². The Balaban J connectivity index is 1.65. The van der Waals surface area contributed by atoms with Crippen molar-refractivity contribution in [2.75, 3.05) is 30.3 Å². The van der Waals surface area contributed by atoms with Crippen LogP contribution in [-0.2, 0) is 10.0 Å². The highest BCUT2D eigenvalue weighted by Crippen LogP contribution is 2.29. The Bertz CT molecular complexity index is 1170. The number of benzene rings is 2. The summed E-state index contributed by atoms with van der Waals surface area (Å²) >= 11 is 0. The third-order valence-electron chi connectivity index (χ3n) is 5.02. The van der Waals surface area contributed by atoms with Gasteiger partial charge in [-0.25, -0.2) is 18.1 Å². The summed E-state index contributed by atoms with van der Waals surface area (Å²) < 4.78 is 33.3. The van der Waals surface area contributed by atoms with E-state index in [2.05, 4.69) is 32.2 Å². The second-order valence-electron chi connectivity index (χ2n) is 7.51. The quantitative estimate of drug-likeness (QED) is 0.545. The molecule has 4 rings (SSSR count). The summed E-state index contributed by atoms with van der Waals surface area (Å²) in [5, 5.41) is 6.49. The number of fused-ring (bicyclic) bond motifs is 4. The fraction of sp³-hybridized carbons (Fsp3) is 0.304. The zero-order valence-electron chi connectivity index (χ0n) is 18.0. The van der Waals surface area contributed by atoms with Crippen LogP contribution in [0.4, 0.5) is 17.5 Å². The van der Waals surface area contributed by atoms with E-state index in [0.29, 0.717) is 37.8 Å². The van der Waals surface area contributed by atoms with Crippen LogP contribution in [-0.4, -0.2) is 38.1 Å². The lowest BCUT2D eigenvalue weighted by atomic mass is 10.1. The van der Waals surface area contributed by atoms with E-state index in [0.717, 1.165) is 35.5 Å². The number of sulfonamides is 1. The van der Waals surface area contributed by atoms with Crippen LogP contribution in [0.3, 0.4) is 0 Å². The molecule has 4 bridgehead atoms. The molecule has 0 saturated heterocycles. The number of nitrogens with zero attached hydrogens (tertiary/aromatic N) is 2. The summed E-state index contributed by atoms with van der Waals surface area (Å²) in [6.07, 6.45) is 4.23. The molecule has 0 fully saturated rings. The molecule has 2 heterocycles. The van der Waals surface area contributed by atoms with Crippen molar-refractivity contribution < 1.29 is 13.2 Å². The van der Waals surface area contributed by atoms with Gasteiger partial charge in [0.25, 0.3) is 0 Å². The van der Waals surface area contributed by atoms with E-state index >= 15 is 0 Å². The van der Waals surface area contributed by atoms with Crippen molar-refractivity contribution in [2.24, 2.45) is 0 Å². The fourth-order valence-electron chi connectivity index (χ4n) is 3.36. The van der Waals surface area contributed by atoms with Crippen molar-refractivity contribution in [1.29, 1.82) is 0 Å². The minimum Gasteiger partial charge on any atom is -0.494 e. The molecule has 0 amide bonds. The van der Waals surface area contributed by atoms with Crippen molar-refractivity contribution in [2.45, 2.75) is 31.1 Å². The lowest BCUT2D eigenvalue weighted by Gasteiger charge is -2.15. The maximum Gasteiger partial charge on any atom is 0.240 e. The second-order valence-corrected chi connectivity index (χ2v) is 9.28. The number of rotatable bonds is 4. The topological polar surface area (TPSA) is 105 Å². The molecule has 0 radical (unpaired) electrons. The molecular weight excluding hydrogens is 426 g/mol. The number of hydrogen-bond donors (Lipinski definition) is 3. The first-order valence-corrected chi connectivity index (χ1v) is 12.2. The molecule has 1 aromatic heterocycles. The number of ether oxygens (including phenoxy) is 1. The minimum absolute atomic E-state index is 0.208. The van der Waals surface area contributed by atoms with Crippen molar-refractivity contribution in [1.82, 2.24) is 14.7 Å². The molecule has 0 atom stereocenters. The largest absolute Gasteiger partial charge is 0.494 e. The summed E-state index contributed by atoms with van der Waals surface area (Å²) in [5.74, 6) is 1.94. The molecule has 8 nitrogen and oxygen atoms in total. The molecule has 9 heteroatoms. The summed E-state index contributed by atoms with van der Waals surface area (Å²) in [4.78, 5) is 9.34. The van der Waals surface area contributed by atoms with Gasteiger partial charge < -0.3 is 15.4 Å². The molecule has 0 saturated carbocycles. The van der Waals surface area contributed by atoms with Gasteiger partial charge in [0.15, 0.2) is 0 Å². The van der Waals surface area contributed by atoms with Gasteiger partial charge >= 0.3 is 0 Å². The monoisotopic (exact) mass is 453 g/mol. The van der Waals surface area contributed by atoms with Crippen LogP contribution < -0.4 is 20.1 Å². The molecule has 2 aromatic carbocycles. The van der Waals surface area contributed by atoms with E-state index in [1.54, 1.807) is 30.5 Å². The number of hydrogen-bond acceptors (Lipinski definition) is 7. The Labute approximate surface area is 188 Å². The maximum atomic E-state index is 12.5. The van der Waals surface area contributed by atoms with E-state index < -0.39 is 10.0 Å². The summed E-state index contributed by atoms with van der Waals surface area (Å²) in [7, 11) is -3.55. The molecule has 0 spiro atoms. The molecular formula is C23H27N5O3S. The molecule has 0 aliphatic carbocycles. The third kappa shape index (κ3) is 5.35. The van der Waals surface area contributed by atoms with E-state index in [1.165, 1.54) is 0 Å². The molecule has 3 N–H and O–H groups in total. The number of aromatic nitrogens is 2. The van der Waals surface area contributed by atoms with Crippen LogP contribution in [0.25, 0.3) is 11.1 Å². The van der Waals surface area contributed by atoms with Gasteiger partial charge in [0.1, 0.15) is 11.6 Å². The van der Waals surface area contributed by atoms with Gasteiger partial charge in [0.2, 0.25) is 16.0 Å². The van der Waals surface area contributed by atoms with Crippen LogP contribution in [0.5, 0.6) is 5.75 Å².